The number of carbonyl (C=O) groups excluding carboxylic acids is 1. The molecule has 1 amide bonds. The largest absolute Gasteiger partial charge is 0.354 e. The smallest absolute Gasteiger partial charge is 0.234 e. The van der Waals surface area contributed by atoms with Crippen molar-refractivity contribution in [2.24, 2.45) is 5.92 Å². The maximum Gasteiger partial charge on any atom is 0.234 e. The minimum Gasteiger partial charge on any atom is -0.354 e. The molecule has 0 atom stereocenters. The zero-order valence-corrected chi connectivity index (χ0v) is 13.0. The molecule has 1 heterocycles. The van der Waals surface area contributed by atoms with Crippen molar-refractivity contribution in [3.63, 3.8) is 0 Å². The second-order valence-electron chi connectivity index (χ2n) is 6.88. The maximum absolute atomic E-state index is 12.1. The summed E-state index contributed by atoms with van der Waals surface area (Å²) >= 11 is 0. The minimum absolute atomic E-state index is 0.187. The molecule has 3 nitrogen and oxygen atoms in total. The summed E-state index contributed by atoms with van der Waals surface area (Å²) in [4.78, 5) is 14.4. The van der Waals surface area contributed by atoms with Gasteiger partial charge in [-0.25, -0.2) is 0 Å². The van der Waals surface area contributed by atoms with Crippen molar-refractivity contribution < 1.29 is 4.79 Å². The van der Waals surface area contributed by atoms with Crippen LogP contribution in [0.5, 0.6) is 0 Å². The highest BCUT2D eigenvalue weighted by Crippen LogP contribution is 2.47. The summed E-state index contributed by atoms with van der Waals surface area (Å²) in [6.07, 6.45) is 4.83. The van der Waals surface area contributed by atoms with Gasteiger partial charge in [-0.3, -0.25) is 9.69 Å². The van der Waals surface area contributed by atoms with Crippen LogP contribution < -0.4 is 5.32 Å². The van der Waals surface area contributed by atoms with Gasteiger partial charge in [-0.1, -0.05) is 37.3 Å². The molecule has 1 saturated carbocycles. The van der Waals surface area contributed by atoms with E-state index in [0.717, 1.165) is 25.6 Å². The number of carbonyl (C=O) groups is 1. The molecule has 1 aliphatic heterocycles. The molecular formula is C18H26N2O. The van der Waals surface area contributed by atoms with Crippen molar-refractivity contribution in [2.75, 3.05) is 26.2 Å². The van der Waals surface area contributed by atoms with Crippen LogP contribution in [-0.2, 0) is 10.2 Å². The highest BCUT2D eigenvalue weighted by atomic mass is 16.2. The molecule has 1 N–H and O–H groups in total. The van der Waals surface area contributed by atoms with E-state index in [-0.39, 0.29) is 11.3 Å². The van der Waals surface area contributed by atoms with E-state index in [4.69, 9.17) is 0 Å². The molecule has 0 spiro atoms. The molecule has 1 saturated heterocycles. The third kappa shape index (κ3) is 3.65. The van der Waals surface area contributed by atoms with E-state index >= 15 is 0 Å². The molecule has 0 radical (unpaired) electrons. The Balaban J connectivity index is 1.46. The Morgan fingerprint density at radius 3 is 2.52 bits per heavy atom. The van der Waals surface area contributed by atoms with Gasteiger partial charge in [-0.15, -0.1) is 0 Å². The van der Waals surface area contributed by atoms with Crippen LogP contribution in [0.4, 0.5) is 0 Å². The van der Waals surface area contributed by atoms with Crippen LogP contribution in [0, 0.1) is 5.92 Å². The van der Waals surface area contributed by atoms with E-state index in [1.165, 1.54) is 31.2 Å². The Kier molecular flexibility index (Phi) is 4.29. The number of rotatable bonds is 5. The first-order chi connectivity index (χ1) is 10.2. The van der Waals surface area contributed by atoms with Gasteiger partial charge in [-0.2, -0.15) is 0 Å². The fraction of sp³-hybridized carbons (Fsp3) is 0.611. The molecule has 1 aromatic rings. The van der Waals surface area contributed by atoms with Gasteiger partial charge in [0.05, 0.1) is 6.54 Å². The lowest BCUT2D eigenvalue weighted by Crippen LogP contribution is -2.43. The van der Waals surface area contributed by atoms with E-state index in [2.05, 4.69) is 47.5 Å². The second-order valence-corrected chi connectivity index (χ2v) is 6.88. The first-order valence-electron chi connectivity index (χ1n) is 8.23. The van der Waals surface area contributed by atoms with E-state index in [9.17, 15) is 4.79 Å². The standard InChI is InChI=1S/C18H26N2O/c1-15-7-11-20(12-8-15)13-17(21)19-14-18(9-10-18)16-5-3-2-4-6-16/h2-6,15H,7-14H2,1H3,(H,19,21). The van der Waals surface area contributed by atoms with Crippen molar-refractivity contribution in [2.45, 2.75) is 38.0 Å². The fourth-order valence-electron chi connectivity index (χ4n) is 3.26. The predicted octanol–water partition coefficient (Wildman–Crippen LogP) is 2.57. The molecule has 0 unspecified atom stereocenters. The molecule has 0 aromatic heterocycles. The third-order valence-electron chi connectivity index (χ3n) is 5.11. The summed E-state index contributed by atoms with van der Waals surface area (Å²) in [6, 6.07) is 10.6. The molecule has 1 aromatic carbocycles. The number of likely N-dealkylation sites (tertiary alicyclic amines) is 1. The van der Waals surface area contributed by atoms with Crippen molar-refractivity contribution in [1.29, 1.82) is 0 Å². The van der Waals surface area contributed by atoms with Gasteiger partial charge >= 0.3 is 0 Å². The Morgan fingerprint density at radius 2 is 1.90 bits per heavy atom. The van der Waals surface area contributed by atoms with Crippen LogP contribution in [-0.4, -0.2) is 37.0 Å². The fourth-order valence-corrected chi connectivity index (χ4v) is 3.26. The van der Waals surface area contributed by atoms with Crippen LogP contribution in [0.1, 0.15) is 38.2 Å². The van der Waals surface area contributed by atoms with E-state index < -0.39 is 0 Å². The highest BCUT2D eigenvalue weighted by molar-refractivity contribution is 5.78. The summed E-state index contributed by atoms with van der Waals surface area (Å²) in [5.41, 5.74) is 1.59. The molecular weight excluding hydrogens is 260 g/mol. The first kappa shape index (κ1) is 14.6. The van der Waals surface area contributed by atoms with Crippen LogP contribution >= 0.6 is 0 Å². The number of amides is 1. The number of benzene rings is 1. The molecule has 21 heavy (non-hydrogen) atoms. The van der Waals surface area contributed by atoms with E-state index in [0.29, 0.717) is 6.54 Å². The lowest BCUT2D eigenvalue weighted by Gasteiger charge is -2.29. The quantitative estimate of drug-likeness (QED) is 0.902. The Hall–Kier alpha value is -1.35. The maximum atomic E-state index is 12.1. The van der Waals surface area contributed by atoms with Crippen LogP contribution in [0.25, 0.3) is 0 Å². The minimum atomic E-state index is 0.187. The molecule has 3 rings (SSSR count). The molecule has 2 aliphatic rings. The van der Waals surface area contributed by atoms with Crippen LogP contribution in [0.2, 0.25) is 0 Å². The van der Waals surface area contributed by atoms with Crippen molar-refractivity contribution in [3.8, 4) is 0 Å². The third-order valence-corrected chi connectivity index (χ3v) is 5.11. The number of nitrogens with zero attached hydrogens (tertiary/aromatic N) is 1. The average Bonchev–Trinajstić information content (AvgIpc) is 3.30. The van der Waals surface area contributed by atoms with Gasteiger partial charge < -0.3 is 5.32 Å². The van der Waals surface area contributed by atoms with Gasteiger partial charge in [-0.05, 0) is 50.3 Å². The average molecular weight is 286 g/mol. The van der Waals surface area contributed by atoms with Gasteiger partial charge in [0.25, 0.3) is 0 Å². The van der Waals surface area contributed by atoms with Crippen molar-refractivity contribution >= 4 is 5.91 Å². The summed E-state index contributed by atoms with van der Waals surface area (Å²) < 4.78 is 0. The Labute approximate surface area is 127 Å². The molecule has 114 valence electrons. The molecule has 1 aliphatic carbocycles. The van der Waals surface area contributed by atoms with Crippen molar-refractivity contribution in [1.82, 2.24) is 10.2 Å². The Morgan fingerprint density at radius 1 is 1.24 bits per heavy atom. The number of nitrogens with one attached hydrogen (secondary N) is 1. The van der Waals surface area contributed by atoms with Gasteiger partial charge in [0.1, 0.15) is 0 Å². The zero-order chi connectivity index (χ0) is 14.7. The van der Waals surface area contributed by atoms with Gasteiger partial charge in [0.2, 0.25) is 5.91 Å². The highest BCUT2D eigenvalue weighted by Gasteiger charge is 2.44. The molecule has 3 heteroatoms. The Bertz CT molecular complexity index is 473. The lowest BCUT2D eigenvalue weighted by molar-refractivity contribution is -0.122. The first-order valence-corrected chi connectivity index (χ1v) is 8.23. The summed E-state index contributed by atoms with van der Waals surface area (Å²) in [6.45, 7) is 5.79. The SMILES string of the molecule is CC1CCN(CC(=O)NCC2(c3ccccc3)CC2)CC1. The lowest BCUT2D eigenvalue weighted by atomic mass is 9.96. The summed E-state index contributed by atoms with van der Waals surface area (Å²) in [5, 5.41) is 3.16. The number of hydrogen-bond acceptors (Lipinski definition) is 2. The summed E-state index contributed by atoms with van der Waals surface area (Å²) in [5.74, 6) is 1.00. The van der Waals surface area contributed by atoms with Crippen molar-refractivity contribution in [3.05, 3.63) is 35.9 Å². The zero-order valence-electron chi connectivity index (χ0n) is 13.0. The predicted molar refractivity (Wildman–Crippen MR) is 85.2 cm³/mol. The monoisotopic (exact) mass is 286 g/mol. The van der Waals surface area contributed by atoms with Crippen LogP contribution in [0.3, 0.4) is 0 Å². The van der Waals surface area contributed by atoms with E-state index in [1.54, 1.807) is 0 Å². The number of hydrogen-bond donors (Lipinski definition) is 1. The second kappa shape index (κ2) is 6.18. The normalized spacial score (nSPS) is 22.0. The molecule has 0 bridgehead atoms. The van der Waals surface area contributed by atoms with Gasteiger partial charge in [0.15, 0.2) is 0 Å². The van der Waals surface area contributed by atoms with E-state index in [1.807, 2.05) is 0 Å². The van der Waals surface area contributed by atoms with Gasteiger partial charge in [0, 0.05) is 12.0 Å². The summed E-state index contributed by atoms with van der Waals surface area (Å²) in [7, 11) is 0. The molecule has 2 fully saturated rings. The van der Waals surface area contributed by atoms with Crippen LogP contribution in [0.15, 0.2) is 30.3 Å². The number of piperidine rings is 1. The topological polar surface area (TPSA) is 32.3 Å².